The number of hydrogen-bond donors (Lipinski definition) is 3. The quantitative estimate of drug-likeness (QED) is 0.232. The maximum atomic E-state index is 10.7. The van der Waals surface area contributed by atoms with Crippen LogP contribution >= 0.6 is 24.0 Å². The largest absolute Gasteiger partial charge is 0.457 e. The molecule has 3 rings (SSSR count). The molecule has 0 aliphatic rings. The molecule has 0 aliphatic carbocycles. The number of nitrogens with zero attached hydrogens (tertiary/aromatic N) is 3. The van der Waals surface area contributed by atoms with Crippen LogP contribution in [-0.2, 0) is 19.2 Å². The van der Waals surface area contributed by atoms with E-state index in [9.17, 15) is 5.11 Å². The highest BCUT2D eigenvalue weighted by Gasteiger charge is 2.24. The zero-order chi connectivity index (χ0) is 21.4. The predicted octanol–water partition coefficient (Wildman–Crippen LogP) is 3.79. The summed E-state index contributed by atoms with van der Waals surface area (Å²) in [5, 5.41) is 21.3. The minimum Gasteiger partial charge on any atom is -0.457 e. The van der Waals surface area contributed by atoms with Crippen LogP contribution in [0.25, 0.3) is 0 Å². The highest BCUT2D eigenvalue weighted by Crippen LogP contribution is 2.21. The molecule has 8 heteroatoms. The molecular formula is C23H30IN5O2. The highest BCUT2D eigenvalue weighted by atomic mass is 127. The molecule has 0 saturated carbocycles. The zero-order valence-corrected chi connectivity index (χ0v) is 20.4. The van der Waals surface area contributed by atoms with Gasteiger partial charge in [-0.25, -0.2) is 4.99 Å². The molecule has 2 aromatic carbocycles. The molecule has 0 amide bonds. The lowest BCUT2D eigenvalue weighted by Crippen LogP contribution is -2.44. The third-order valence-corrected chi connectivity index (χ3v) is 4.59. The second-order valence-electron chi connectivity index (χ2n) is 7.28. The van der Waals surface area contributed by atoms with E-state index in [-0.39, 0.29) is 24.0 Å². The van der Waals surface area contributed by atoms with Crippen molar-refractivity contribution < 1.29 is 9.84 Å². The molecule has 7 nitrogen and oxygen atoms in total. The number of halogens is 1. The summed E-state index contributed by atoms with van der Waals surface area (Å²) < 4.78 is 7.50. The Labute approximate surface area is 200 Å². The Morgan fingerprint density at radius 3 is 2.39 bits per heavy atom. The molecule has 0 radical (unpaired) electrons. The van der Waals surface area contributed by atoms with Crippen molar-refractivity contribution in [2.75, 3.05) is 13.1 Å². The van der Waals surface area contributed by atoms with Crippen molar-refractivity contribution in [2.45, 2.75) is 26.0 Å². The number of hydrogen-bond acceptors (Lipinski definition) is 4. The van der Waals surface area contributed by atoms with E-state index < -0.39 is 5.60 Å². The van der Waals surface area contributed by atoms with Gasteiger partial charge in [0.15, 0.2) is 5.96 Å². The SMILES string of the molecule is CCNC(=NCc1ccc(Oc2ccccc2)cc1)NCC(C)(O)c1cnn(C)c1.I. The van der Waals surface area contributed by atoms with Crippen molar-refractivity contribution in [3.63, 3.8) is 0 Å². The number of benzene rings is 2. The Morgan fingerprint density at radius 1 is 1.10 bits per heavy atom. The summed E-state index contributed by atoms with van der Waals surface area (Å²) in [5.41, 5.74) is 0.759. The van der Waals surface area contributed by atoms with Gasteiger partial charge in [-0.15, -0.1) is 24.0 Å². The van der Waals surface area contributed by atoms with Crippen LogP contribution in [0.2, 0.25) is 0 Å². The number of ether oxygens (including phenoxy) is 1. The first-order valence-electron chi connectivity index (χ1n) is 10.0. The molecule has 3 aromatic rings. The maximum absolute atomic E-state index is 10.7. The second kappa shape index (κ2) is 11.7. The second-order valence-corrected chi connectivity index (χ2v) is 7.28. The highest BCUT2D eigenvalue weighted by molar-refractivity contribution is 14.0. The number of aryl methyl sites for hydroxylation is 1. The summed E-state index contributed by atoms with van der Waals surface area (Å²) in [6.45, 7) is 5.31. The van der Waals surface area contributed by atoms with E-state index in [1.807, 2.05) is 74.8 Å². The number of rotatable bonds is 8. The van der Waals surface area contributed by atoms with Crippen molar-refractivity contribution >= 4 is 29.9 Å². The average Bonchev–Trinajstić information content (AvgIpc) is 3.19. The third kappa shape index (κ3) is 7.55. The van der Waals surface area contributed by atoms with Gasteiger partial charge in [-0.05, 0) is 43.7 Å². The van der Waals surface area contributed by atoms with E-state index in [0.717, 1.165) is 29.2 Å². The number of aliphatic hydroxyl groups is 1. The van der Waals surface area contributed by atoms with Gasteiger partial charge in [-0.1, -0.05) is 30.3 Å². The Morgan fingerprint density at radius 2 is 1.77 bits per heavy atom. The molecule has 1 unspecified atom stereocenters. The predicted molar refractivity (Wildman–Crippen MR) is 134 cm³/mol. The molecule has 1 heterocycles. The van der Waals surface area contributed by atoms with Gasteiger partial charge in [0.05, 0.1) is 19.3 Å². The van der Waals surface area contributed by atoms with Gasteiger partial charge in [0.25, 0.3) is 0 Å². The van der Waals surface area contributed by atoms with Crippen LogP contribution in [0.4, 0.5) is 0 Å². The molecule has 31 heavy (non-hydrogen) atoms. The number of para-hydroxylation sites is 1. The number of aliphatic imine (C=N–C) groups is 1. The average molecular weight is 535 g/mol. The van der Waals surface area contributed by atoms with E-state index in [4.69, 9.17) is 4.74 Å². The van der Waals surface area contributed by atoms with Gasteiger partial charge in [0.1, 0.15) is 17.1 Å². The lowest BCUT2D eigenvalue weighted by atomic mass is 10.00. The Hall–Kier alpha value is -2.59. The van der Waals surface area contributed by atoms with E-state index in [2.05, 4.69) is 20.7 Å². The Bertz CT molecular complexity index is 956. The van der Waals surface area contributed by atoms with Crippen LogP contribution in [0.5, 0.6) is 11.5 Å². The lowest BCUT2D eigenvalue weighted by molar-refractivity contribution is 0.0616. The van der Waals surface area contributed by atoms with Gasteiger partial charge in [0.2, 0.25) is 0 Å². The first-order chi connectivity index (χ1) is 14.5. The normalized spacial score (nSPS) is 13.1. The van der Waals surface area contributed by atoms with Gasteiger partial charge in [-0.2, -0.15) is 5.10 Å². The van der Waals surface area contributed by atoms with Crippen molar-refractivity contribution in [1.29, 1.82) is 0 Å². The standard InChI is InChI=1S/C23H29N5O2.HI/c1-4-24-22(26-17-23(2,29)19-15-27-28(3)16-19)25-14-18-10-12-21(13-11-18)30-20-8-6-5-7-9-20;/h5-13,15-16,29H,4,14,17H2,1-3H3,(H2,24,25,26);1H. The fraction of sp³-hybridized carbons (Fsp3) is 0.304. The number of aromatic nitrogens is 2. The summed E-state index contributed by atoms with van der Waals surface area (Å²) in [7, 11) is 1.83. The van der Waals surface area contributed by atoms with Crippen LogP contribution in [0.3, 0.4) is 0 Å². The van der Waals surface area contributed by atoms with E-state index in [1.165, 1.54) is 0 Å². The van der Waals surface area contributed by atoms with Gasteiger partial charge >= 0.3 is 0 Å². The zero-order valence-electron chi connectivity index (χ0n) is 18.1. The van der Waals surface area contributed by atoms with Crippen LogP contribution in [0.1, 0.15) is 25.0 Å². The van der Waals surface area contributed by atoms with Crippen molar-refractivity contribution in [3.05, 3.63) is 78.1 Å². The minimum atomic E-state index is -1.05. The van der Waals surface area contributed by atoms with Crippen LogP contribution in [-0.4, -0.2) is 33.9 Å². The molecule has 1 aromatic heterocycles. The van der Waals surface area contributed by atoms with Crippen LogP contribution in [0, 0.1) is 0 Å². The fourth-order valence-electron chi connectivity index (χ4n) is 2.86. The van der Waals surface area contributed by atoms with Gasteiger partial charge in [0, 0.05) is 25.4 Å². The molecule has 0 fully saturated rings. The fourth-order valence-corrected chi connectivity index (χ4v) is 2.86. The van der Waals surface area contributed by atoms with E-state index >= 15 is 0 Å². The Kier molecular flexibility index (Phi) is 9.32. The molecule has 0 spiro atoms. The molecule has 1 atom stereocenters. The lowest BCUT2D eigenvalue weighted by Gasteiger charge is -2.23. The Balaban J connectivity index is 0.00000341. The first kappa shape index (κ1) is 24.7. The van der Waals surface area contributed by atoms with Crippen LogP contribution in [0.15, 0.2) is 72.0 Å². The topological polar surface area (TPSA) is 83.7 Å². The summed E-state index contributed by atoms with van der Waals surface area (Å²) in [5.74, 6) is 2.24. The summed E-state index contributed by atoms with van der Waals surface area (Å²) >= 11 is 0. The number of nitrogens with one attached hydrogen (secondary N) is 2. The first-order valence-corrected chi connectivity index (χ1v) is 10.0. The molecule has 0 saturated heterocycles. The van der Waals surface area contributed by atoms with Gasteiger partial charge in [-0.3, -0.25) is 4.68 Å². The number of guanidine groups is 1. The summed E-state index contributed by atoms with van der Waals surface area (Å²) in [6, 6.07) is 17.6. The smallest absolute Gasteiger partial charge is 0.191 e. The molecular weight excluding hydrogens is 505 g/mol. The summed E-state index contributed by atoms with van der Waals surface area (Å²) in [4.78, 5) is 4.62. The monoisotopic (exact) mass is 535 g/mol. The summed E-state index contributed by atoms with van der Waals surface area (Å²) in [6.07, 6.45) is 3.48. The van der Waals surface area contributed by atoms with E-state index in [0.29, 0.717) is 19.0 Å². The molecule has 166 valence electrons. The van der Waals surface area contributed by atoms with Crippen molar-refractivity contribution in [2.24, 2.45) is 12.0 Å². The molecule has 3 N–H and O–H groups in total. The van der Waals surface area contributed by atoms with Crippen LogP contribution < -0.4 is 15.4 Å². The molecule has 0 bridgehead atoms. The third-order valence-electron chi connectivity index (χ3n) is 4.59. The van der Waals surface area contributed by atoms with Crippen molar-refractivity contribution in [3.8, 4) is 11.5 Å². The van der Waals surface area contributed by atoms with Gasteiger partial charge < -0.3 is 20.5 Å². The minimum absolute atomic E-state index is 0. The molecule has 0 aliphatic heterocycles. The van der Waals surface area contributed by atoms with E-state index in [1.54, 1.807) is 17.8 Å². The van der Waals surface area contributed by atoms with Crippen molar-refractivity contribution in [1.82, 2.24) is 20.4 Å². The maximum Gasteiger partial charge on any atom is 0.191 e.